The Morgan fingerprint density at radius 3 is 2.33 bits per heavy atom. The Kier molecular flexibility index (Phi) is 7.58. The highest BCUT2D eigenvalue weighted by atomic mass is 16.5. The van der Waals surface area contributed by atoms with Crippen LogP contribution in [0.4, 0.5) is 0 Å². The molecule has 2 atom stereocenters. The fourth-order valence-corrected chi connectivity index (χ4v) is 5.49. The van der Waals surface area contributed by atoms with Crippen molar-refractivity contribution in [2.75, 3.05) is 7.11 Å². The molecule has 1 amide bonds. The van der Waals surface area contributed by atoms with Gasteiger partial charge in [-0.25, -0.2) is 0 Å². The number of methoxy groups -OCH3 is 1. The molecule has 1 N–H and O–H groups in total. The normalized spacial score (nSPS) is 17.4. The van der Waals surface area contributed by atoms with Crippen LogP contribution in [-0.2, 0) is 19.0 Å². The van der Waals surface area contributed by atoms with E-state index in [-0.39, 0.29) is 23.5 Å². The highest BCUT2D eigenvalue weighted by Gasteiger charge is 2.39. The molecule has 1 saturated heterocycles. The summed E-state index contributed by atoms with van der Waals surface area (Å²) in [5, 5.41) is 8.35. The predicted molar refractivity (Wildman–Crippen MR) is 156 cm³/mol. The van der Waals surface area contributed by atoms with Crippen molar-refractivity contribution < 1.29 is 9.53 Å². The van der Waals surface area contributed by atoms with Crippen molar-refractivity contribution in [3.8, 4) is 17.0 Å². The van der Waals surface area contributed by atoms with E-state index in [9.17, 15) is 4.79 Å². The number of hydrogen-bond donors (Lipinski definition) is 1. The Labute approximate surface area is 231 Å². The van der Waals surface area contributed by atoms with E-state index in [1.54, 1.807) is 11.8 Å². The van der Waals surface area contributed by atoms with Crippen LogP contribution in [0.1, 0.15) is 66.8 Å². The molecule has 0 bridgehead atoms. The first-order valence-electron chi connectivity index (χ1n) is 13.6. The third kappa shape index (κ3) is 5.62. The second-order valence-corrected chi connectivity index (χ2v) is 11.3. The van der Waals surface area contributed by atoms with Gasteiger partial charge in [-0.3, -0.25) is 14.8 Å². The Balaban J connectivity index is 1.45. The van der Waals surface area contributed by atoms with Gasteiger partial charge in [0.2, 0.25) is 0 Å². The minimum absolute atomic E-state index is 0.0267. The number of likely N-dealkylation sites (tertiary alicyclic amines) is 1. The molecule has 0 saturated carbocycles. The SMILES string of the molecule is COc1ccc(C(C)(C)C)cc1CNC1CCC(c2ccccc2)N1C(=O)c1cc(-c2ccccc2)n(C)n1. The molecular weight excluding hydrogens is 484 g/mol. The standard InChI is InChI=1S/C33H38N4O2/c1-33(2,3)26-16-18-30(39-5)25(20-26)22-34-31-19-17-28(23-12-8-6-9-13-23)37(31)32(38)27-21-29(36(4)35-27)24-14-10-7-11-15-24/h6-16,18,20-21,28,31,34H,17,19,22H2,1-5H3. The van der Waals surface area contributed by atoms with E-state index in [4.69, 9.17) is 4.74 Å². The number of hydrogen-bond acceptors (Lipinski definition) is 4. The maximum Gasteiger partial charge on any atom is 0.276 e. The molecule has 1 aliphatic rings. The van der Waals surface area contributed by atoms with E-state index in [0.29, 0.717) is 12.2 Å². The first-order chi connectivity index (χ1) is 18.8. The summed E-state index contributed by atoms with van der Waals surface area (Å²) in [5.41, 5.74) is 5.92. The first kappa shape index (κ1) is 26.7. The van der Waals surface area contributed by atoms with Gasteiger partial charge < -0.3 is 9.64 Å². The van der Waals surface area contributed by atoms with Gasteiger partial charge in [0.25, 0.3) is 5.91 Å². The summed E-state index contributed by atoms with van der Waals surface area (Å²) in [6.45, 7) is 7.24. The number of benzene rings is 3. The van der Waals surface area contributed by atoms with Crippen LogP contribution < -0.4 is 10.1 Å². The largest absolute Gasteiger partial charge is 0.496 e. The van der Waals surface area contributed by atoms with Crippen LogP contribution >= 0.6 is 0 Å². The number of nitrogens with one attached hydrogen (secondary N) is 1. The average Bonchev–Trinajstić information content (AvgIpc) is 3.55. The van der Waals surface area contributed by atoms with Crippen LogP contribution in [0.3, 0.4) is 0 Å². The Hall–Kier alpha value is -3.90. The maximum atomic E-state index is 14.1. The zero-order valence-electron chi connectivity index (χ0n) is 23.5. The molecule has 1 fully saturated rings. The van der Waals surface area contributed by atoms with Crippen molar-refractivity contribution in [3.63, 3.8) is 0 Å². The molecule has 0 aliphatic carbocycles. The quantitative estimate of drug-likeness (QED) is 0.302. The van der Waals surface area contributed by atoms with E-state index < -0.39 is 0 Å². The third-order valence-electron chi connectivity index (χ3n) is 7.65. The van der Waals surface area contributed by atoms with Gasteiger partial charge in [0.1, 0.15) is 5.75 Å². The summed E-state index contributed by atoms with van der Waals surface area (Å²) in [6, 6.07) is 28.6. The van der Waals surface area contributed by atoms with Gasteiger partial charge in [-0.15, -0.1) is 0 Å². The van der Waals surface area contributed by atoms with Crippen molar-refractivity contribution in [1.29, 1.82) is 0 Å². The molecule has 39 heavy (non-hydrogen) atoms. The fourth-order valence-electron chi connectivity index (χ4n) is 5.49. The van der Waals surface area contributed by atoms with E-state index in [2.05, 4.69) is 55.5 Å². The lowest BCUT2D eigenvalue weighted by Gasteiger charge is -2.31. The Bertz CT molecular complexity index is 1420. The number of ether oxygens (including phenoxy) is 1. The van der Waals surface area contributed by atoms with Crippen molar-refractivity contribution in [3.05, 3.63) is 107 Å². The summed E-state index contributed by atoms with van der Waals surface area (Å²) in [5.74, 6) is 0.787. The molecule has 6 nitrogen and oxygen atoms in total. The molecule has 0 radical (unpaired) electrons. The van der Waals surface area contributed by atoms with E-state index >= 15 is 0 Å². The monoisotopic (exact) mass is 522 g/mol. The fraction of sp³-hybridized carbons (Fsp3) is 0.333. The topological polar surface area (TPSA) is 59.4 Å². The minimum Gasteiger partial charge on any atom is -0.496 e. The van der Waals surface area contributed by atoms with Crippen LogP contribution in [0.15, 0.2) is 84.9 Å². The van der Waals surface area contributed by atoms with E-state index in [1.165, 1.54) is 5.56 Å². The van der Waals surface area contributed by atoms with Crippen LogP contribution in [0, 0.1) is 0 Å². The summed E-state index contributed by atoms with van der Waals surface area (Å²) in [7, 11) is 3.60. The molecule has 6 heteroatoms. The van der Waals surface area contributed by atoms with Gasteiger partial charge in [-0.2, -0.15) is 5.10 Å². The lowest BCUT2D eigenvalue weighted by molar-refractivity contribution is 0.0624. The van der Waals surface area contributed by atoms with E-state index in [1.807, 2.05) is 72.6 Å². The molecule has 5 rings (SSSR count). The van der Waals surface area contributed by atoms with Gasteiger partial charge in [0.15, 0.2) is 5.69 Å². The maximum absolute atomic E-state index is 14.1. The lowest BCUT2D eigenvalue weighted by Crippen LogP contribution is -2.45. The summed E-state index contributed by atoms with van der Waals surface area (Å²) in [4.78, 5) is 16.1. The van der Waals surface area contributed by atoms with Crippen LogP contribution in [0.2, 0.25) is 0 Å². The van der Waals surface area contributed by atoms with Gasteiger partial charge in [0.05, 0.1) is 25.0 Å². The summed E-state index contributed by atoms with van der Waals surface area (Å²) in [6.07, 6.45) is 1.60. The van der Waals surface area contributed by atoms with E-state index in [0.717, 1.165) is 41.0 Å². The molecule has 2 unspecified atom stereocenters. The molecular formula is C33H38N4O2. The summed E-state index contributed by atoms with van der Waals surface area (Å²) >= 11 is 0. The van der Waals surface area contributed by atoms with Gasteiger partial charge in [0, 0.05) is 19.2 Å². The van der Waals surface area contributed by atoms with Crippen molar-refractivity contribution in [2.24, 2.45) is 7.05 Å². The molecule has 0 spiro atoms. The summed E-state index contributed by atoms with van der Waals surface area (Å²) < 4.78 is 7.48. The number of aromatic nitrogens is 2. The highest BCUT2D eigenvalue weighted by molar-refractivity contribution is 5.94. The highest BCUT2D eigenvalue weighted by Crippen LogP contribution is 2.37. The average molecular weight is 523 g/mol. The van der Waals surface area contributed by atoms with Gasteiger partial charge in [-0.1, -0.05) is 93.6 Å². The number of nitrogens with zero attached hydrogens (tertiary/aromatic N) is 3. The minimum atomic E-state index is -0.132. The van der Waals surface area contributed by atoms with Crippen molar-refractivity contribution in [2.45, 2.75) is 57.8 Å². The third-order valence-corrected chi connectivity index (χ3v) is 7.65. The number of rotatable bonds is 7. The number of aryl methyl sites for hydroxylation is 1. The van der Waals surface area contributed by atoms with Crippen LogP contribution in [-0.4, -0.2) is 33.9 Å². The second-order valence-electron chi connectivity index (χ2n) is 11.3. The molecule has 4 aromatic rings. The zero-order chi connectivity index (χ0) is 27.6. The number of carbonyl (C=O) groups is 1. The second kappa shape index (κ2) is 11.1. The van der Waals surface area contributed by atoms with Gasteiger partial charge in [-0.05, 0) is 47.1 Å². The zero-order valence-corrected chi connectivity index (χ0v) is 23.5. The van der Waals surface area contributed by atoms with Gasteiger partial charge >= 0.3 is 0 Å². The Morgan fingerprint density at radius 2 is 1.67 bits per heavy atom. The van der Waals surface area contributed by atoms with Crippen molar-refractivity contribution >= 4 is 5.91 Å². The van der Waals surface area contributed by atoms with Crippen LogP contribution in [0.5, 0.6) is 5.75 Å². The Morgan fingerprint density at radius 1 is 0.974 bits per heavy atom. The smallest absolute Gasteiger partial charge is 0.276 e. The molecule has 2 heterocycles. The predicted octanol–water partition coefficient (Wildman–Crippen LogP) is 6.49. The van der Waals surface area contributed by atoms with Crippen LogP contribution in [0.25, 0.3) is 11.3 Å². The molecule has 202 valence electrons. The molecule has 1 aromatic heterocycles. The first-order valence-corrected chi connectivity index (χ1v) is 13.6. The molecule has 1 aliphatic heterocycles. The number of carbonyl (C=O) groups excluding carboxylic acids is 1. The molecule has 3 aromatic carbocycles. The van der Waals surface area contributed by atoms with Crippen molar-refractivity contribution in [1.82, 2.24) is 20.0 Å². The number of amides is 1. The lowest BCUT2D eigenvalue weighted by atomic mass is 9.86.